The molecule has 4 heterocycles. The molecule has 2 aromatic heterocycles. The largest absolute Gasteiger partial charge is 0.489 e. The van der Waals surface area contributed by atoms with Crippen molar-refractivity contribution in [3.8, 4) is 11.6 Å². The van der Waals surface area contributed by atoms with Crippen LogP contribution in [0.5, 0.6) is 11.6 Å². The Morgan fingerprint density at radius 3 is 2.39 bits per heavy atom. The molecule has 1 saturated carbocycles. The van der Waals surface area contributed by atoms with Crippen LogP contribution in [0, 0.1) is 0 Å². The van der Waals surface area contributed by atoms with E-state index in [4.69, 9.17) is 14.2 Å². The van der Waals surface area contributed by atoms with E-state index in [2.05, 4.69) is 20.3 Å². The van der Waals surface area contributed by atoms with Crippen molar-refractivity contribution in [2.45, 2.75) is 86.9 Å². The predicted molar refractivity (Wildman–Crippen MR) is 130 cm³/mol. The minimum absolute atomic E-state index is 0.0712. The van der Waals surface area contributed by atoms with Crippen molar-refractivity contribution in [3.63, 3.8) is 0 Å². The lowest BCUT2D eigenvalue weighted by Crippen LogP contribution is -2.49. The molecular formula is C24H31N5O6S. The number of piperidine rings is 1. The predicted octanol–water partition coefficient (Wildman–Crippen LogP) is 3.48. The van der Waals surface area contributed by atoms with E-state index in [0.29, 0.717) is 48.8 Å². The van der Waals surface area contributed by atoms with E-state index in [1.54, 1.807) is 6.07 Å². The Labute approximate surface area is 210 Å². The maximum atomic E-state index is 12.5. The van der Waals surface area contributed by atoms with Crippen LogP contribution in [0.15, 0.2) is 29.7 Å². The molecule has 0 radical (unpaired) electrons. The zero-order chi connectivity index (χ0) is 25.4. The standard InChI is InChI=1S/C24H31N5O6S/c1-14(2)34-24(30)29-16-5-6-17(29)11-18(10-16)35-23-21(33-3)22(26-13-27-23)28-15-4-9-20(25-12-15)36(31,32)19-7-8-19/h4,9,12-14,16-19H,5-8,10-11H2,1-3H3,(H,26,27,28). The van der Waals surface area contributed by atoms with Crippen LogP contribution in [0.2, 0.25) is 0 Å². The molecule has 2 aromatic rings. The Morgan fingerprint density at radius 2 is 1.81 bits per heavy atom. The van der Waals surface area contributed by atoms with Crippen molar-refractivity contribution in [1.29, 1.82) is 0 Å². The molecule has 2 bridgehead atoms. The van der Waals surface area contributed by atoms with E-state index in [9.17, 15) is 13.2 Å². The van der Waals surface area contributed by atoms with Crippen molar-refractivity contribution in [2.75, 3.05) is 12.4 Å². The fraction of sp³-hybridized carbons (Fsp3) is 0.583. The van der Waals surface area contributed by atoms with E-state index >= 15 is 0 Å². The molecule has 3 aliphatic rings. The van der Waals surface area contributed by atoms with Gasteiger partial charge >= 0.3 is 6.09 Å². The second kappa shape index (κ2) is 9.72. The summed E-state index contributed by atoms with van der Waals surface area (Å²) in [5.41, 5.74) is 0.558. The summed E-state index contributed by atoms with van der Waals surface area (Å²) in [6, 6.07) is 3.28. The lowest BCUT2D eigenvalue weighted by Gasteiger charge is -2.38. The zero-order valence-corrected chi connectivity index (χ0v) is 21.4. The van der Waals surface area contributed by atoms with Crippen molar-refractivity contribution >= 4 is 27.4 Å². The second-order valence-electron chi connectivity index (χ2n) is 9.75. The molecule has 5 rings (SSSR count). The zero-order valence-electron chi connectivity index (χ0n) is 20.6. The van der Waals surface area contributed by atoms with Crippen molar-refractivity contribution in [3.05, 3.63) is 24.7 Å². The van der Waals surface area contributed by atoms with E-state index in [1.165, 1.54) is 25.7 Å². The number of amides is 1. The minimum Gasteiger partial charge on any atom is -0.489 e. The molecule has 194 valence electrons. The van der Waals surface area contributed by atoms with Crippen LogP contribution in [-0.2, 0) is 14.6 Å². The van der Waals surface area contributed by atoms with Crippen LogP contribution in [0.25, 0.3) is 0 Å². The van der Waals surface area contributed by atoms with Gasteiger partial charge in [0.25, 0.3) is 5.88 Å². The highest BCUT2D eigenvalue weighted by atomic mass is 32.2. The third kappa shape index (κ3) is 4.91. The highest BCUT2D eigenvalue weighted by Crippen LogP contribution is 2.40. The van der Waals surface area contributed by atoms with Crippen LogP contribution in [-0.4, -0.2) is 71.0 Å². The normalized spacial score (nSPS) is 23.4. The van der Waals surface area contributed by atoms with Gasteiger partial charge in [-0.25, -0.2) is 23.2 Å². The monoisotopic (exact) mass is 517 g/mol. The van der Waals surface area contributed by atoms with Crippen molar-refractivity contribution < 1.29 is 27.4 Å². The van der Waals surface area contributed by atoms with Gasteiger partial charge < -0.3 is 24.4 Å². The van der Waals surface area contributed by atoms with Crippen LogP contribution in [0.4, 0.5) is 16.3 Å². The molecule has 11 nitrogen and oxygen atoms in total. The summed E-state index contributed by atoms with van der Waals surface area (Å²) in [4.78, 5) is 27.1. The van der Waals surface area contributed by atoms with Gasteiger partial charge in [0, 0.05) is 24.9 Å². The number of aromatic nitrogens is 3. The van der Waals surface area contributed by atoms with E-state index in [1.807, 2.05) is 18.7 Å². The summed E-state index contributed by atoms with van der Waals surface area (Å²) in [5, 5.41) is 2.88. The smallest absolute Gasteiger partial charge is 0.410 e. The Balaban J connectivity index is 1.27. The fourth-order valence-corrected chi connectivity index (χ4v) is 6.52. The Kier molecular flexibility index (Phi) is 6.62. The molecule has 2 aliphatic heterocycles. The SMILES string of the molecule is COc1c(Nc2ccc(S(=O)(=O)C3CC3)nc2)ncnc1OC1CC2CCC(C1)N2C(=O)OC(C)C. The van der Waals surface area contributed by atoms with Gasteiger partial charge in [0.05, 0.1) is 30.3 Å². The molecule has 2 atom stereocenters. The van der Waals surface area contributed by atoms with Gasteiger partial charge in [-0.2, -0.15) is 4.98 Å². The molecule has 1 amide bonds. The van der Waals surface area contributed by atoms with E-state index in [-0.39, 0.29) is 40.7 Å². The van der Waals surface area contributed by atoms with Crippen molar-refractivity contribution in [2.24, 2.45) is 0 Å². The molecule has 2 unspecified atom stereocenters. The number of sulfone groups is 1. The lowest BCUT2D eigenvalue weighted by atomic mass is 10.0. The molecule has 12 heteroatoms. The number of pyridine rings is 1. The molecule has 0 aromatic carbocycles. The Bertz CT molecular complexity index is 1200. The van der Waals surface area contributed by atoms with E-state index < -0.39 is 9.84 Å². The number of carbonyl (C=O) groups is 1. The average molecular weight is 518 g/mol. The third-order valence-electron chi connectivity index (χ3n) is 6.74. The number of rotatable bonds is 8. The first-order valence-electron chi connectivity index (χ1n) is 12.3. The maximum absolute atomic E-state index is 12.5. The number of anilines is 2. The summed E-state index contributed by atoms with van der Waals surface area (Å²) < 4.78 is 42.0. The van der Waals surface area contributed by atoms with Gasteiger partial charge in [0.2, 0.25) is 5.75 Å². The van der Waals surface area contributed by atoms with Crippen LogP contribution in [0.3, 0.4) is 0 Å². The van der Waals surface area contributed by atoms with Gasteiger partial charge in [-0.1, -0.05) is 0 Å². The first-order valence-corrected chi connectivity index (χ1v) is 13.8. The number of methoxy groups -OCH3 is 1. The first-order chi connectivity index (χ1) is 17.3. The second-order valence-corrected chi connectivity index (χ2v) is 11.9. The summed E-state index contributed by atoms with van der Waals surface area (Å²) in [6.07, 6.45) is 6.88. The number of nitrogens with zero attached hydrogens (tertiary/aromatic N) is 4. The highest BCUT2D eigenvalue weighted by Gasteiger charge is 2.45. The van der Waals surface area contributed by atoms with Gasteiger partial charge in [0.1, 0.15) is 12.4 Å². The number of nitrogens with one attached hydrogen (secondary N) is 1. The summed E-state index contributed by atoms with van der Waals surface area (Å²) in [7, 11) is -1.84. The first kappa shape index (κ1) is 24.5. The summed E-state index contributed by atoms with van der Waals surface area (Å²) >= 11 is 0. The highest BCUT2D eigenvalue weighted by molar-refractivity contribution is 7.92. The van der Waals surface area contributed by atoms with Crippen LogP contribution in [0.1, 0.15) is 52.4 Å². The number of ether oxygens (including phenoxy) is 3. The summed E-state index contributed by atoms with van der Waals surface area (Å²) in [5.74, 6) is 1.02. The lowest BCUT2D eigenvalue weighted by molar-refractivity contribution is 0.0202. The molecule has 2 saturated heterocycles. The molecular weight excluding hydrogens is 486 g/mol. The van der Waals surface area contributed by atoms with Crippen LogP contribution >= 0.6 is 0 Å². The number of hydrogen-bond acceptors (Lipinski definition) is 10. The molecule has 1 N–H and O–H groups in total. The maximum Gasteiger partial charge on any atom is 0.410 e. The van der Waals surface area contributed by atoms with Crippen LogP contribution < -0.4 is 14.8 Å². The minimum atomic E-state index is -3.35. The molecule has 3 fully saturated rings. The molecule has 0 spiro atoms. The Hall–Kier alpha value is -3.15. The fourth-order valence-electron chi connectivity index (χ4n) is 4.96. The van der Waals surface area contributed by atoms with Gasteiger partial charge in [-0.05, 0) is 51.7 Å². The average Bonchev–Trinajstić information content (AvgIpc) is 3.65. The topological polar surface area (TPSA) is 133 Å². The quantitative estimate of drug-likeness (QED) is 0.555. The Morgan fingerprint density at radius 1 is 1.08 bits per heavy atom. The van der Waals surface area contributed by atoms with E-state index in [0.717, 1.165) is 12.8 Å². The number of carbonyl (C=O) groups excluding carboxylic acids is 1. The number of hydrogen-bond donors (Lipinski definition) is 1. The number of fused-ring (bicyclic) bond motifs is 2. The molecule has 1 aliphatic carbocycles. The summed E-state index contributed by atoms with van der Waals surface area (Å²) in [6.45, 7) is 3.70. The third-order valence-corrected chi connectivity index (χ3v) is 8.92. The van der Waals surface area contributed by atoms with Gasteiger partial charge in [0.15, 0.2) is 20.7 Å². The molecule has 36 heavy (non-hydrogen) atoms. The van der Waals surface area contributed by atoms with Crippen molar-refractivity contribution in [1.82, 2.24) is 19.9 Å². The van der Waals surface area contributed by atoms with Gasteiger partial charge in [-0.15, -0.1) is 0 Å². The van der Waals surface area contributed by atoms with Gasteiger partial charge in [-0.3, -0.25) is 0 Å².